The zero-order valence-electron chi connectivity index (χ0n) is 20.3. The Labute approximate surface area is 207 Å². The first-order valence-electron chi connectivity index (χ1n) is 11.5. The Morgan fingerprint density at radius 2 is 1.69 bits per heavy atom. The number of nitrogens with zero attached hydrogens (tertiary/aromatic N) is 2. The van der Waals surface area contributed by atoms with Gasteiger partial charge in [-0.25, -0.2) is 4.98 Å². The summed E-state index contributed by atoms with van der Waals surface area (Å²) in [7, 11) is 4.61. The highest BCUT2D eigenvalue weighted by molar-refractivity contribution is 5.80. The van der Waals surface area contributed by atoms with Gasteiger partial charge in [0.25, 0.3) is 0 Å². The number of ether oxygens (including phenoxy) is 4. The zero-order chi connectivity index (χ0) is 25.1. The molecular formula is C28H26N2O6. The summed E-state index contributed by atoms with van der Waals surface area (Å²) in [4.78, 5) is 17.2. The lowest BCUT2D eigenvalue weighted by Crippen LogP contribution is -2.04. The monoisotopic (exact) mass is 486 g/mol. The van der Waals surface area contributed by atoms with Crippen molar-refractivity contribution in [3.63, 3.8) is 0 Å². The second-order valence-corrected chi connectivity index (χ2v) is 8.18. The van der Waals surface area contributed by atoms with Gasteiger partial charge in [-0.3, -0.25) is 4.79 Å². The van der Waals surface area contributed by atoms with Crippen molar-refractivity contribution in [2.45, 2.75) is 13.0 Å². The van der Waals surface area contributed by atoms with Crippen LogP contribution in [-0.2, 0) is 6.54 Å². The van der Waals surface area contributed by atoms with Crippen LogP contribution < -0.4 is 24.4 Å². The summed E-state index contributed by atoms with van der Waals surface area (Å²) >= 11 is 0. The van der Waals surface area contributed by atoms with E-state index in [0.29, 0.717) is 51.9 Å². The molecule has 0 spiro atoms. The Bertz CT molecular complexity index is 1560. The highest BCUT2D eigenvalue weighted by Gasteiger charge is 2.16. The van der Waals surface area contributed by atoms with E-state index in [1.165, 1.54) is 27.4 Å². The summed E-state index contributed by atoms with van der Waals surface area (Å²) in [5.74, 6) is 2.42. The average molecular weight is 487 g/mol. The lowest BCUT2D eigenvalue weighted by atomic mass is 10.1. The third-order valence-electron chi connectivity index (χ3n) is 5.99. The molecule has 8 nitrogen and oxygen atoms in total. The van der Waals surface area contributed by atoms with Crippen LogP contribution in [0.2, 0.25) is 0 Å². The van der Waals surface area contributed by atoms with Gasteiger partial charge >= 0.3 is 0 Å². The molecular weight excluding hydrogens is 460 g/mol. The predicted octanol–water partition coefficient (Wildman–Crippen LogP) is 5.30. The summed E-state index contributed by atoms with van der Waals surface area (Å²) < 4.78 is 30.4. The molecule has 0 amide bonds. The van der Waals surface area contributed by atoms with Crippen LogP contribution >= 0.6 is 0 Å². The smallest absolute Gasteiger partial charge is 0.203 e. The van der Waals surface area contributed by atoms with Crippen molar-refractivity contribution in [3.05, 3.63) is 77.2 Å². The quantitative estimate of drug-likeness (QED) is 0.261. The fourth-order valence-electron chi connectivity index (χ4n) is 4.20. The number of benzene rings is 3. The van der Waals surface area contributed by atoms with E-state index in [2.05, 4.69) is 15.6 Å². The van der Waals surface area contributed by atoms with Crippen LogP contribution in [-0.4, -0.2) is 37.5 Å². The number of methoxy groups -OCH3 is 3. The van der Waals surface area contributed by atoms with Gasteiger partial charge in [0, 0.05) is 24.2 Å². The minimum absolute atomic E-state index is 0.154. The molecule has 0 aliphatic rings. The second kappa shape index (κ2) is 10.0. The molecule has 0 saturated heterocycles. The first kappa shape index (κ1) is 23.3. The number of para-hydroxylation sites is 2. The van der Waals surface area contributed by atoms with Gasteiger partial charge in [0.05, 0.1) is 50.7 Å². The number of aromatic nitrogens is 2. The van der Waals surface area contributed by atoms with Crippen molar-refractivity contribution in [2.75, 3.05) is 27.9 Å². The van der Waals surface area contributed by atoms with Gasteiger partial charge in [0.15, 0.2) is 16.9 Å². The van der Waals surface area contributed by atoms with E-state index in [-0.39, 0.29) is 5.43 Å². The van der Waals surface area contributed by atoms with E-state index in [1.54, 1.807) is 30.3 Å². The number of fused-ring (bicyclic) bond motifs is 2. The van der Waals surface area contributed by atoms with Crippen LogP contribution in [0, 0.1) is 0 Å². The summed E-state index contributed by atoms with van der Waals surface area (Å²) in [5.41, 5.74) is 2.99. The third kappa shape index (κ3) is 4.45. The van der Waals surface area contributed by atoms with Gasteiger partial charge in [0.2, 0.25) is 5.75 Å². The van der Waals surface area contributed by atoms with Gasteiger partial charge < -0.3 is 27.9 Å². The SMILES string of the molecule is COc1cc(-c2cc(=O)c3ccc(OCCCn4cnc5ccccc54)cc3o2)cc(OC)c1OC. The first-order chi connectivity index (χ1) is 17.6. The Morgan fingerprint density at radius 3 is 2.44 bits per heavy atom. The molecule has 184 valence electrons. The maximum absolute atomic E-state index is 12.8. The van der Waals surface area contributed by atoms with Gasteiger partial charge in [-0.1, -0.05) is 12.1 Å². The molecule has 0 N–H and O–H groups in total. The Hall–Kier alpha value is -4.46. The van der Waals surface area contributed by atoms with E-state index in [0.717, 1.165) is 24.0 Å². The average Bonchev–Trinajstić information content (AvgIpc) is 3.33. The third-order valence-corrected chi connectivity index (χ3v) is 5.99. The van der Waals surface area contributed by atoms with Crippen LogP contribution in [0.5, 0.6) is 23.0 Å². The van der Waals surface area contributed by atoms with E-state index in [9.17, 15) is 4.79 Å². The van der Waals surface area contributed by atoms with Gasteiger partial charge in [-0.15, -0.1) is 0 Å². The molecule has 36 heavy (non-hydrogen) atoms. The largest absolute Gasteiger partial charge is 0.493 e. The molecule has 0 aliphatic heterocycles. The molecule has 2 aromatic heterocycles. The highest BCUT2D eigenvalue weighted by atomic mass is 16.5. The van der Waals surface area contributed by atoms with Gasteiger partial charge in [-0.05, 0) is 42.8 Å². The Morgan fingerprint density at radius 1 is 0.917 bits per heavy atom. The summed E-state index contributed by atoms with van der Waals surface area (Å²) in [5, 5.41) is 0.475. The fraction of sp³-hybridized carbons (Fsp3) is 0.214. The topological polar surface area (TPSA) is 85.0 Å². The second-order valence-electron chi connectivity index (χ2n) is 8.18. The fourth-order valence-corrected chi connectivity index (χ4v) is 4.20. The van der Waals surface area contributed by atoms with E-state index >= 15 is 0 Å². The summed E-state index contributed by atoms with van der Waals surface area (Å²) in [6.07, 6.45) is 2.65. The molecule has 0 bridgehead atoms. The number of aryl methyl sites for hydroxylation is 1. The predicted molar refractivity (Wildman–Crippen MR) is 137 cm³/mol. The first-order valence-corrected chi connectivity index (χ1v) is 11.5. The van der Waals surface area contributed by atoms with Gasteiger partial charge in [-0.2, -0.15) is 0 Å². The standard InChI is InChI=1S/C28H26N2O6/c1-32-26-13-18(14-27(33-2)28(26)34-3)24-16-23(31)20-10-9-19(15-25(20)36-24)35-12-6-11-30-17-29-21-7-4-5-8-22(21)30/h4-5,7-10,13-17H,6,11-12H2,1-3H3. The Balaban J connectivity index is 1.36. The Kier molecular flexibility index (Phi) is 6.49. The minimum atomic E-state index is -0.154. The molecule has 0 radical (unpaired) electrons. The van der Waals surface area contributed by atoms with Crippen molar-refractivity contribution >= 4 is 22.0 Å². The number of imidazole rings is 1. The van der Waals surface area contributed by atoms with Crippen LogP contribution in [0.1, 0.15) is 6.42 Å². The molecule has 0 unspecified atom stereocenters. The zero-order valence-corrected chi connectivity index (χ0v) is 20.3. The molecule has 0 aliphatic carbocycles. The van der Waals surface area contributed by atoms with Gasteiger partial charge in [0.1, 0.15) is 17.1 Å². The molecule has 3 aromatic carbocycles. The molecule has 5 rings (SSSR count). The highest BCUT2D eigenvalue weighted by Crippen LogP contribution is 2.41. The van der Waals surface area contributed by atoms with E-state index in [4.69, 9.17) is 23.4 Å². The number of hydrogen-bond donors (Lipinski definition) is 0. The molecule has 0 fully saturated rings. The van der Waals surface area contributed by atoms with Crippen molar-refractivity contribution in [3.8, 4) is 34.3 Å². The number of rotatable bonds is 9. The van der Waals surface area contributed by atoms with Crippen LogP contribution in [0.3, 0.4) is 0 Å². The molecule has 0 saturated carbocycles. The van der Waals surface area contributed by atoms with Crippen molar-refractivity contribution in [2.24, 2.45) is 0 Å². The normalized spacial score (nSPS) is 11.1. The summed E-state index contributed by atoms with van der Waals surface area (Å²) in [6, 6.07) is 18.2. The van der Waals surface area contributed by atoms with Crippen molar-refractivity contribution in [1.82, 2.24) is 9.55 Å². The molecule has 2 heterocycles. The van der Waals surface area contributed by atoms with E-state index < -0.39 is 0 Å². The van der Waals surface area contributed by atoms with Crippen molar-refractivity contribution < 1.29 is 23.4 Å². The number of hydrogen-bond acceptors (Lipinski definition) is 7. The maximum atomic E-state index is 12.8. The lowest BCUT2D eigenvalue weighted by Gasteiger charge is -2.14. The molecule has 5 aromatic rings. The van der Waals surface area contributed by atoms with Crippen LogP contribution in [0.4, 0.5) is 0 Å². The van der Waals surface area contributed by atoms with Crippen LogP contribution in [0.25, 0.3) is 33.3 Å². The van der Waals surface area contributed by atoms with Crippen molar-refractivity contribution in [1.29, 1.82) is 0 Å². The molecule has 8 heteroatoms. The van der Waals surface area contributed by atoms with E-state index in [1.807, 2.05) is 24.5 Å². The lowest BCUT2D eigenvalue weighted by molar-refractivity contribution is 0.302. The minimum Gasteiger partial charge on any atom is -0.493 e. The maximum Gasteiger partial charge on any atom is 0.203 e. The van der Waals surface area contributed by atoms with Crippen LogP contribution in [0.15, 0.2) is 76.2 Å². The molecule has 0 atom stereocenters. The summed E-state index contributed by atoms with van der Waals surface area (Å²) in [6.45, 7) is 1.29.